The van der Waals surface area contributed by atoms with Crippen molar-refractivity contribution >= 4 is 16.8 Å². The Morgan fingerprint density at radius 3 is 2.56 bits per heavy atom. The third-order valence-corrected chi connectivity index (χ3v) is 2.47. The summed E-state index contributed by atoms with van der Waals surface area (Å²) in [7, 11) is 0. The number of amides is 1. The molecule has 0 radical (unpaired) electrons. The van der Waals surface area contributed by atoms with Crippen LogP contribution < -0.4 is 10.7 Å². The summed E-state index contributed by atoms with van der Waals surface area (Å²) in [5.41, 5.74) is 0.473. The highest BCUT2D eigenvalue weighted by Crippen LogP contribution is 2.08. The predicted octanol–water partition coefficient (Wildman–Crippen LogP) is 2.06. The lowest BCUT2D eigenvalue weighted by Crippen LogP contribution is -2.41. The molecule has 0 fully saturated rings. The average molecular weight is 244 g/mol. The quantitative estimate of drug-likeness (QED) is 0.806. The van der Waals surface area contributed by atoms with E-state index in [1.807, 2.05) is 26.8 Å². The average Bonchev–Trinajstić information content (AvgIpc) is 2.26. The molecule has 4 nitrogen and oxygen atoms in total. The lowest BCUT2D eigenvalue weighted by atomic mass is 10.1. The van der Waals surface area contributed by atoms with E-state index < -0.39 is 0 Å². The molecule has 1 aromatic heterocycles. The Morgan fingerprint density at radius 1 is 1.22 bits per heavy atom. The van der Waals surface area contributed by atoms with Gasteiger partial charge in [-0.2, -0.15) is 0 Å². The molecule has 0 unspecified atom stereocenters. The lowest BCUT2D eigenvalue weighted by Gasteiger charge is -2.20. The van der Waals surface area contributed by atoms with Crippen LogP contribution in [0.5, 0.6) is 0 Å². The number of carbonyl (C=O) groups excluding carboxylic acids is 1. The molecular formula is C14H16N2O2. The first kappa shape index (κ1) is 12.4. The largest absolute Gasteiger partial charge is 0.350 e. The van der Waals surface area contributed by atoms with Gasteiger partial charge < -0.3 is 10.3 Å². The van der Waals surface area contributed by atoms with Crippen molar-refractivity contribution in [2.24, 2.45) is 0 Å². The SMILES string of the molecule is CC(C)(C)NC(=O)c1cc(=O)c2ccccc2[nH]1. The number of pyridine rings is 1. The van der Waals surface area contributed by atoms with Crippen molar-refractivity contribution in [3.63, 3.8) is 0 Å². The Bertz CT molecular complexity index is 651. The first-order valence-electron chi connectivity index (χ1n) is 5.81. The first-order chi connectivity index (χ1) is 8.37. The van der Waals surface area contributed by atoms with E-state index in [9.17, 15) is 9.59 Å². The standard InChI is InChI=1S/C14H16N2O2/c1-14(2,3)16-13(18)11-8-12(17)9-6-4-5-7-10(9)15-11/h4-8H,1-3H3,(H,15,17)(H,16,18). The van der Waals surface area contributed by atoms with Crippen molar-refractivity contribution in [1.82, 2.24) is 10.3 Å². The van der Waals surface area contributed by atoms with Gasteiger partial charge in [0.2, 0.25) is 0 Å². The van der Waals surface area contributed by atoms with Gasteiger partial charge in [0.05, 0.1) is 0 Å². The van der Waals surface area contributed by atoms with Crippen molar-refractivity contribution in [2.45, 2.75) is 26.3 Å². The van der Waals surface area contributed by atoms with E-state index in [1.165, 1.54) is 6.07 Å². The molecule has 0 aliphatic heterocycles. The molecule has 0 saturated carbocycles. The maximum Gasteiger partial charge on any atom is 0.268 e. The molecule has 18 heavy (non-hydrogen) atoms. The van der Waals surface area contributed by atoms with Crippen LogP contribution in [0.4, 0.5) is 0 Å². The zero-order chi connectivity index (χ0) is 13.3. The Kier molecular flexibility index (Phi) is 2.95. The maximum atomic E-state index is 12.0. The zero-order valence-corrected chi connectivity index (χ0v) is 10.7. The Balaban J connectivity index is 2.47. The number of fused-ring (bicyclic) bond motifs is 1. The molecule has 0 saturated heterocycles. The van der Waals surface area contributed by atoms with Crippen molar-refractivity contribution in [1.29, 1.82) is 0 Å². The number of nitrogens with one attached hydrogen (secondary N) is 2. The summed E-state index contributed by atoms with van der Waals surface area (Å²) < 4.78 is 0. The minimum Gasteiger partial charge on any atom is -0.350 e. The second-order valence-electron chi connectivity index (χ2n) is 5.30. The summed E-state index contributed by atoms with van der Waals surface area (Å²) in [6, 6.07) is 8.48. The fourth-order valence-electron chi connectivity index (χ4n) is 1.73. The maximum absolute atomic E-state index is 12.0. The van der Waals surface area contributed by atoms with E-state index in [1.54, 1.807) is 18.2 Å². The van der Waals surface area contributed by atoms with Gasteiger partial charge in [0.15, 0.2) is 5.43 Å². The zero-order valence-electron chi connectivity index (χ0n) is 10.7. The number of benzene rings is 1. The summed E-state index contributed by atoms with van der Waals surface area (Å²) in [6.07, 6.45) is 0. The molecule has 1 heterocycles. The fourth-order valence-corrected chi connectivity index (χ4v) is 1.73. The summed E-state index contributed by atoms with van der Waals surface area (Å²) in [5, 5.41) is 3.41. The van der Waals surface area contributed by atoms with E-state index in [4.69, 9.17) is 0 Å². The van der Waals surface area contributed by atoms with Crippen LogP contribution in [0.3, 0.4) is 0 Å². The summed E-state index contributed by atoms with van der Waals surface area (Å²) in [5.74, 6) is -0.273. The smallest absolute Gasteiger partial charge is 0.268 e. The molecule has 0 aliphatic carbocycles. The van der Waals surface area contributed by atoms with E-state index >= 15 is 0 Å². The number of hydrogen-bond acceptors (Lipinski definition) is 2. The van der Waals surface area contributed by atoms with Gasteiger partial charge in [-0.25, -0.2) is 0 Å². The highest BCUT2D eigenvalue weighted by molar-refractivity contribution is 5.95. The fraction of sp³-hybridized carbons (Fsp3) is 0.286. The number of aromatic nitrogens is 1. The minimum absolute atomic E-state index is 0.150. The summed E-state index contributed by atoms with van der Waals surface area (Å²) in [4.78, 5) is 26.8. The number of para-hydroxylation sites is 1. The van der Waals surface area contributed by atoms with Crippen LogP contribution in [0.1, 0.15) is 31.3 Å². The number of hydrogen-bond donors (Lipinski definition) is 2. The highest BCUT2D eigenvalue weighted by Gasteiger charge is 2.16. The van der Waals surface area contributed by atoms with Gasteiger partial charge >= 0.3 is 0 Å². The molecule has 1 amide bonds. The highest BCUT2D eigenvalue weighted by atomic mass is 16.2. The molecule has 0 aliphatic rings. The van der Waals surface area contributed by atoms with E-state index in [-0.39, 0.29) is 22.6 Å². The molecule has 0 atom stereocenters. The molecule has 2 aromatic rings. The Morgan fingerprint density at radius 2 is 1.89 bits per heavy atom. The monoisotopic (exact) mass is 244 g/mol. The van der Waals surface area contributed by atoms with Gasteiger partial charge in [-0.1, -0.05) is 12.1 Å². The first-order valence-corrected chi connectivity index (χ1v) is 5.81. The molecule has 0 spiro atoms. The van der Waals surface area contributed by atoms with Gasteiger partial charge in [-0.05, 0) is 32.9 Å². The minimum atomic E-state index is -0.334. The predicted molar refractivity (Wildman–Crippen MR) is 71.8 cm³/mol. The normalized spacial score (nSPS) is 11.5. The molecule has 0 bridgehead atoms. The van der Waals surface area contributed by atoms with Crippen molar-refractivity contribution < 1.29 is 4.79 Å². The van der Waals surface area contributed by atoms with Gasteiger partial charge in [0.25, 0.3) is 5.91 Å². The van der Waals surface area contributed by atoms with Crippen LogP contribution in [0.25, 0.3) is 10.9 Å². The van der Waals surface area contributed by atoms with Crippen LogP contribution in [0.2, 0.25) is 0 Å². The molecule has 1 aromatic carbocycles. The third-order valence-electron chi connectivity index (χ3n) is 2.47. The van der Waals surface area contributed by atoms with Gasteiger partial charge in [0, 0.05) is 22.5 Å². The number of carbonyl (C=O) groups is 1. The van der Waals surface area contributed by atoms with Crippen LogP contribution in [0, 0.1) is 0 Å². The van der Waals surface area contributed by atoms with Crippen LogP contribution in [-0.4, -0.2) is 16.4 Å². The van der Waals surface area contributed by atoms with Crippen LogP contribution >= 0.6 is 0 Å². The Labute approximate surface area is 105 Å². The van der Waals surface area contributed by atoms with Gasteiger partial charge in [-0.3, -0.25) is 9.59 Å². The second-order valence-corrected chi connectivity index (χ2v) is 5.30. The second kappa shape index (κ2) is 4.29. The van der Waals surface area contributed by atoms with E-state index in [2.05, 4.69) is 10.3 Å². The van der Waals surface area contributed by atoms with E-state index in [0.717, 1.165) is 0 Å². The summed E-state index contributed by atoms with van der Waals surface area (Å²) in [6.45, 7) is 5.68. The van der Waals surface area contributed by atoms with Gasteiger partial charge in [0.1, 0.15) is 5.69 Å². The molecule has 94 valence electrons. The van der Waals surface area contributed by atoms with Crippen LogP contribution in [0.15, 0.2) is 35.1 Å². The number of aromatic amines is 1. The number of H-pyrrole nitrogens is 1. The van der Waals surface area contributed by atoms with E-state index in [0.29, 0.717) is 10.9 Å². The van der Waals surface area contributed by atoms with Crippen molar-refractivity contribution in [2.75, 3.05) is 0 Å². The number of rotatable bonds is 1. The summed E-state index contributed by atoms with van der Waals surface area (Å²) >= 11 is 0. The van der Waals surface area contributed by atoms with Crippen molar-refractivity contribution in [3.05, 3.63) is 46.2 Å². The Hall–Kier alpha value is -2.10. The molecular weight excluding hydrogens is 228 g/mol. The molecule has 2 N–H and O–H groups in total. The topological polar surface area (TPSA) is 62.0 Å². The van der Waals surface area contributed by atoms with Crippen LogP contribution in [-0.2, 0) is 0 Å². The molecule has 2 rings (SSSR count). The third kappa shape index (κ3) is 2.59. The van der Waals surface area contributed by atoms with Crippen molar-refractivity contribution in [3.8, 4) is 0 Å². The van der Waals surface area contributed by atoms with Gasteiger partial charge in [-0.15, -0.1) is 0 Å². The lowest BCUT2D eigenvalue weighted by molar-refractivity contribution is 0.0914. The molecule has 4 heteroatoms.